The topological polar surface area (TPSA) is 12.0 Å². The minimum absolute atomic E-state index is 0.271. The standard InChI is InChI=1S/C10H9Cl2F2N/c11-4-8(12)6-15-5-7-1-2-9(13)3-10(7)14/h1-4,15H,5-6H2. The molecular formula is C10H9Cl2F2N. The molecule has 0 fully saturated rings. The number of hydrogen-bond donors (Lipinski definition) is 1. The zero-order valence-electron chi connectivity index (χ0n) is 7.74. The van der Waals surface area contributed by atoms with Gasteiger partial charge in [0.1, 0.15) is 11.6 Å². The van der Waals surface area contributed by atoms with Crippen LogP contribution >= 0.6 is 23.2 Å². The van der Waals surface area contributed by atoms with Gasteiger partial charge in [-0.05, 0) is 6.07 Å². The first kappa shape index (κ1) is 12.4. The molecule has 0 aliphatic heterocycles. The lowest BCUT2D eigenvalue weighted by Gasteiger charge is -2.04. The summed E-state index contributed by atoms with van der Waals surface area (Å²) in [5.41, 5.74) is 1.62. The van der Waals surface area contributed by atoms with E-state index in [1.54, 1.807) is 0 Å². The lowest BCUT2D eigenvalue weighted by atomic mass is 10.2. The molecule has 1 N–H and O–H groups in total. The maximum absolute atomic E-state index is 13.1. The summed E-state index contributed by atoms with van der Waals surface area (Å²) < 4.78 is 25.6. The summed E-state index contributed by atoms with van der Waals surface area (Å²) in [6, 6.07) is 3.44. The van der Waals surface area contributed by atoms with Crippen LogP contribution in [-0.2, 0) is 6.54 Å². The summed E-state index contributed by atoms with van der Waals surface area (Å²) in [6.07, 6.45) is 0. The van der Waals surface area contributed by atoms with Crippen LogP contribution in [0.3, 0.4) is 0 Å². The van der Waals surface area contributed by atoms with E-state index in [-0.39, 0.29) is 6.54 Å². The van der Waals surface area contributed by atoms with Gasteiger partial charge in [0.15, 0.2) is 0 Å². The van der Waals surface area contributed by atoms with Gasteiger partial charge in [0.05, 0.1) is 0 Å². The van der Waals surface area contributed by atoms with Crippen LogP contribution in [-0.4, -0.2) is 6.54 Å². The number of halogens is 4. The highest BCUT2D eigenvalue weighted by atomic mass is 35.5. The van der Waals surface area contributed by atoms with Crippen LogP contribution in [0.1, 0.15) is 5.56 Å². The van der Waals surface area contributed by atoms with Gasteiger partial charge in [0.25, 0.3) is 0 Å². The number of benzene rings is 1. The van der Waals surface area contributed by atoms with E-state index < -0.39 is 11.6 Å². The second-order valence-electron chi connectivity index (χ2n) is 2.90. The van der Waals surface area contributed by atoms with E-state index in [1.807, 2.05) is 0 Å². The maximum atomic E-state index is 13.1. The molecule has 0 heterocycles. The Bertz CT molecular complexity index is 366. The van der Waals surface area contributed by atoms with Gasteiger partial charge in [-0.1, -0.05) is 29.3 Å². The molecule has 0 aliphatic carbocycles. The fourth-order valence-electron chi connectivity index (χ4n) is 1.02. The molecule has 0 aliphatic rings. The van der Waals surface area contributed by atoms with Crippen LogP contribution in [0.25, 0.3) is 0 Å². The summed E-state index contributed by atoms with van der Waals surface area (Å²) in [5.74, 6) is -1.16. The van der Waals surface area contributed by atoms with Crippen molar-refractivity contribution in [2.75, 3.05) is 6.54 Å². The van der Waals surface area contributed by atoms with Crippen LogP contribution in [0.15, 0.2) is 28.8 Å². The smallest absolute Gasteiger partial charge is 0.130 e. The van der Waals surface area contributed by atoms with Crippen LogP contribution < -0.4 is 5.32 Å². The van der Waals surface area contributed by atoms with E-state index >= 15 is 0 Å². The summed E-state index contributed by atoms with van der Waals surface area (Å²) in [7, 11) is 0. The minimum Gasteiger partial charge on any atom is -0.308 e. The molecule has 82 valence electrons. The monoisotopic (exact) mass is 251 g/mol. The van der Waals surface area contributed by atoms with Gasteiger partial charge in [-0.2, -0.15) is 0 Å². The van der Waals surface area contributed by atoms with Gasteiger partial charge < -0.3 is 5.32 Å². The predicted octanol–water partition coefficient (Wildman–Crippen LogP) is 3.37. The predicted molar refractivity (Wildman–Crippen MR) is 57.9 cm³/mol. The lowest BCUT2D eigenvalue weighted by molar-refractivity contribution is 0.564. The first-order valence-electron chi connectivity index (χ1n) is 4.23. The van der Waals surface area contributed by atoms with Gasteiger partial charge in [-0.3, -0.25) is 0 Å². The van der Waals surface area contributed by atoms with Crippen LogP contribution in [0, 0.1) is 11.6 Å². The molecule has 0 unspecified atom stereocenters. The molecule has 0 atom stereocenters. The summed E-state index contributed by atoms with van der Waals surface area (Å²) >= 11 is 10.9. The van der Waals surface area contributed by atoms with Crippen molar-refractivity contribution < 1.29 is 8.78 Å². The highest BCUT2D eigenvalue weighted by Crippen LogP contribution is 2.09. The van der Waals surface area contributed by atoms with Crippen molar-refractivity contribution in [3.8, 4) is 0 Å². The Hall–Kier alpha value is -0.640. The van der Waals surface area contributed by atoms with Crippen molar-refractivity contribution in [3.63, 3.8) is 0 Å². The van der Waals surface area contributed by atoms with Gasteiger partial charge in [-0.15, -0.1) is 0 Å². The van der Waals surface area contributed by atoms with Crippen molar-refractivity contribution >= 4 is 23.2 Å². The molecule has 5 heteroatoms. The summed E-state index contributed by atoms with van der Waals surface area (Å²) in [5, 5.41) is 3.30. The normalized spacial score (nSPS) is 11.9. The molecule has 0 spiro atoms. The van der Waals surface area contributed by atoms with E-state index in [0.717, 1.165) is 6.07 Å². The molecule has 0 amide bonds. The van der Waals surface area contributed by atoms with Crippen LogP contribution in [0.5, 0.6) is 0 Å². The molecule has 0 saturated carbocycles. The van der Waals surface area contributed by atoms with Gasteiger partial charge >= 0.3 is 0 Å². The molecule has 1 aromatic carbocycles. The molecule has 1 nitrogen and oxygen atoms in total. The molecule has 15 heavy (non-hydrogen) atoms. The molecular weight excluding hydrogens is 243 g/mol. The molecule has 0 bridgehead atoms. The number of rotatable bonds is 4. The van der Waals surface area contributed by atoms with Gasteiger partial charge in [-0.25, -0.2) is 8.78 Å². The van der Waals surface area contributed by atoms with Crippen molar-refractivity contribution in [1.82, 2.24) is 5.32 Å². The lowest BCUT2D eigenvalue weighted by Crippen LogP contribution is -2.15. The zero-order valence-corrected chi connectivity index (χ0v) is 9.25. The average molecular weight is 252 g/mol. The Kier molecular flexibility index (Phi) is 5.02. The third-order valence-corrected chi connectivity index (χ3v) is 2.36. The average Bonchev–Trinajstić information content (AvgIpc) is 2.21. The molecule has 0 aromatic heterocycles. The Labute approximate surface area is 96.7 Å². The zero-order chi connectivity index (χ0) is 11.3. The largest absolute Gasteiger partial charge is 0.308 e. The number of nitrogens with one attached hydrogen (secondary N) is 1. The SMILES string of the molecule is Fc1ccc(CNCC(Cl)=CCl)c(F)c1. The molecule has 0 radical (unpaired) electrons. The van der Waals surface area contributed by atoms with Crippen molar-refractivity contribution in [1.29, 1.82) is 0 Å². The van der Waals surface area contributed by atoms with E-state index in [2.05, 4.69) is 5.32 Å². The van der Waals surface area contributed by atoms with E-state index in [4.69, 9.17) is 23.2 Å². The highest BCUT2D eigenvalue weighted by Gasteiger charge is 2.02. The molecule has 0 saturated heterocycles. The van der Waals surface area contributed by atoms with Crippen molar-refractivity contribution in [2.24, 2.45) is 0 Å². The minimum atomic E-state index is -0.588. The van der Waals surface area contributed by atoms with Crippen molar-refractivity contribution in [3.05, 3.63) is 46.0 Å². The Morgan fingerprint density at radius 3 is 2.73 bits per heavy atom. The quantitative estimate of drug-likeness (QED) is 0.866. The molecule has 1 rings (SSSR count). The summed E-state index contributed by atoms with van der Waals surface area (Å²) in [4.78, 5) is 0. The third kappa shape index (κ3) is 4.16. The first-order chi connectivity index (χ1) is 7.13. The Morgan fingerprint density at radius 2 is 2.13 bits per heavy atom. The highest BCUT2D eigenvalue weighted by molar-refractivity contribution is 6.36. The van der Waals surface area contributed by atoms with E-state index in [1.165, 1.54) is 17.7 Å². The second-order valence-corrected chi connectivity index (χ2v) is 3.60. The fourth-order valence-corrected chi connectivity index (χ4v) is 1.19. The Morgan fingerprint density at radius 1 is 1.40 bits per heavy atom. The third-order valence-electron chi connectivity index (χ3n) is 1.74. The first-order valence-corrected chi connectivity index (χ1v) is 5.04. The molecule has 1 aromatic rings. The van der Waals surface area contributed by atoms with Crippen LogP contribution in [0.4, 0.5) is 8.78 Å². The summed E-state index contributed by atoms with van der Waals surface area (Å²) in [6.45, 7) is 0.620. The second kappa shape index (κ2) is 6.05. The van der Waals surface area contributed by atoms with Gasteiger partial charge in [0.2, 0.25) is 0 Å². The number of hydrogen-bond acceptors (Lipinski definition) is 1. The van der Waals surface area contributed by atoms with Gasteiger partial charge in [0, 0.05) is 35.3 Å². The Balaban J connectivity index is 2.51. The van der Waals surface area contributed by atoms with E-state index in [9.17, 15) is 8.78 Å². The van der Waals surface area contributed by atoms with E-state index in [0.29, 0.717) is 17.1 Å². The van der Waals surface area contributed by atoms with Crippen molar-refractivity contribution in [2.45, 2.75) is 6.54 Å². The maximum Gasteiger partial charge on any atom is 0.130 e. The van der Waals surface area contributed by atoms with Crippen LogP contribution in [0.2, 0.25) is 0 Å². The fraction of sp³-hybridized carbons (Fsp3) is 0.200.